The molecule has 0 aromatic rings. The Balaban J connectivity index is 1.62. The molecule has 3 fully saturated rings. The van der Waals surface area contributed by atoms with Gasteiger partial charge >= 0.3 is 5.97 Å². The molecule has 118 valence electrons. The van der Waals surface area contributed by atoms with Gasteiger partial charge in [-0.15, -0.1) is 0 Å². The number of likely N-dealkylation sites (tertiary alicyclic amines) is 1. The van der Waals surface area contributed by atoms with Crippen LogP contribution in [0.25, 0.3) is 0 Å². The number of carbonyl (C=O) groups excluding carboxylic acids is 1. The summed E-state index contributed by atoms with van der Waals surface area (Å²) in [4.78, 5) is 25.7. The third-order valence-corrected chi connectivity index (χ3v) is 5.55. The van der Waals surface area contributed by atoms with E-state index in [9.17, 15) is 14.7 Å². The predicted octanol–water partition coefficient (Wildman–Crippen LogP) is 1.76. The van der Waals surface area contributed by atoms with Crippen LogP contribution in [-0.4, -0.2) is 46.6 Å². The first-order valence-electron chi connectivity index (χ1n) is 8.43. The number of carbonyl (C=O) groups is 2. The number of hydrogen-bond acceptors (Lipinski definition) is 3. The molecule has 2 aliphatic carbocycles. The van der Waals surface area contributed by atoms with Crippen LogP contribution in [0.1, 0.15) is 57.8 Å². The third-order valence-electron chi connectivity index (χ3n) is 5.55. The largest absolute Gasteiger partial charge is 0.480 e. The molecule has 5 nitrogen and oxygen atoms in total. The molecule has 1 heterocycles. The van der Waals surface area contributed by atoms with Crippen LogP contribution >= 0.6 is 0 Å². The number of aliphatic carboxylic acids is 1. The number of nitrogens with one attached hydrogen (secondary N) is 1. The first kappa shape index (κ1) is 14.8. The molecular weight excluding hydrogens is 268 g/mol. The molecule has 3 aliphatic rings. The lowest BCUT2D eigenvalue weighted by Gasteiger charge is -2.32. The minimum absolute atomic E-state index is 0.0133. The summed E-state index contributed by atoms with van der Waals surface area (Å²) < 4.78 is 0. The van der Waals surface area contributed by atoms with Gasteiger partial charge in [0, 0.05) is 12.1 Å². The van der Waals surface area contributed by atoms with Gasteiger partial charge in [-0.25, -0.2) is 0 Å². The van der Waals surface area contributed by atoms with Crippen molar-refractivity contribution >= 4 is 11.9 Å². The van der Waals surface area contributed by atoms with E-state index in [1.165, 1.54) is 19.3 Å². The van der Waals surface area contributed by atoms with Crippen molar-refractivity contribution in [3.05, 3.63) is 0 Å². The van der Waals surface area contributed by atoms with Crippen molar-refractivity contribution in [2.24, 2.45) is 5.92 Å². The topological polar surface area (TPSA) is 69.6 Å². The maximum absolute atomic E-state index is 12.3. The Hall–Kier alpha value is -1.10. The molecule has 2 saturated carbocycles. The molecule has 0 unspecified atom stereocenters. The second-order valence-corrected chi connectivity index (χ2v) is 6.92. The Morgan fingerprint density at radius 3 is 2.43 bits per heavy atom. The van der Waals surface area contributed by atoms with E-state index in [4.69, 9.17) is 0 Å². The van der Waals surface area contributed by atoms with Gasteiger partial charge in [0.25, 0.3) is 0 Å². The van der Waals surface area contributed by atoms with Gasteiger partial charge < -0.3 is 10.4 Å². The van der Waals surface area contributed by atoms with Crippen LogP contribution in [0.4, 0.5) is 0 Å². The molecule has 5 heteroatoms. The summed E-state index contributed by atoms with van der Waals surface area (Å²) >= 11 is 0. The molecule has 3 rings (SSSR count). The van der Waals surface area contributed by atoms with Crippen LogP contribution < -0.4 is 5.32 Å². The zero-order valence-electron chi connectivity index (χ0n) is 12.6. The second-order valence-electron chi connectivity index (χ2n) is 6.92. The Labute approximate surface area is 126 Å². The smallest absolute Gasteiger partial charge is 0.320 e. The number of carboxylic acids is 1. The minimum atomic E-state index is -0.766. The molecule has 1 amide bonds. The van der Waals surface area contributed by atoms with Gasteiger partial charge in [-0.3, -0.25) is 14.5 Å². The summed E-state index contributed by atoms with van der Waals surface area (Å²) in [5.74, 6) is -0.281. The molecule has 0 aromatic heterocycles. The van der Waals surface area contributed by atoms with Crippen molar-refractivity contribution in [1.29, 1.82) is 0 Å². The van der Waals surface area contributed by atoms with Gasteiger partial charge in [0.15, 0.2) is 0 Å². The summed E-state index contributed by atoms with van der Waals surface area (Å²) in [5, 5.41) is 12.5. The maximum atomic E-state index is 12.3. The predicted molar refractivity (Wildman–Crippen MR) is 78.9 cm³/mol. The average Bonchev–Trinajstić information content (AvgIpc) is 3.07. The highest BCUT2D eigenvalue weighted by molar-refractivity contribution is 5.80. The van der Waals surface area contributed by atoms with Crippen LogP contribution in [0.5, 0.6) is 0 Å². The van der Waals surface area contributed by atoms with Gasteiger partial charge in [0.2, 0.25) is 5.91 Å². The number of hydrogen-bond donors (Lipinski definition) is 2. The molecule has 0 spiro atoms. The van der Waals surface area contributed by atoms with Crippen LogP contribution in [0.3, 0.4) is 0 Å². The second kappa shape index (κ2) is 6.34. The van der Waals surface area contributed by atoms with E-state index < -0.39 is 12.0 Å². The highest BCUT2D eigenvalue weighted by Gasteiger charge is 2.45. The van der Waals surface area contributed by atoms with Crippen molar-refractivity contribution in [1.82, 2.24) is 10.2 Å². The van der Waals surface area contributed by atoms with Crippen molar-refractivity contribution in [2.75, 3.05) is 6.54 Å². The normalized spacial score (nSPS) is 33.8. The van der Waals surface area contributed by atoms with E-state index in [-0.39, 0.29) is 12.5 Å². The monoisotopic (exact) mass is 294 g/mol. The summed E-state index contributed by atoms with van der Waals surface area (Å²) in [6.45, 7) is 0.259. The number of carboxylic acid groups (broad SMARTS) is 1. The standard InChI is InChI=1S/C16H26N2O3/c19-15(17-12-6-2-3-7-12)10-18-13-8-4-1-5-11(13)9-14(18)16(20)21/h11-14H,1-10H2,(H,17,19)(H,20,21)/t11-,13+,14-/m0/s1. The first-order valence-corrected chi connectivity index (χ1v) is 8.43. The van der Waals surface area contributed by atoms with E-state index >= 15 is 0 Å². The SMILES string of the molecule is O=C(CN1[C@@H]2CCCC[C@H]2C[C@H]1C(=O)O)NC1CCCC1. The van der Waals surface area contributed by atoms with Crippen LogP contribution in [0.2, 0.25) is 0 Å². The van der Waals surface area contributed by atoms with Crippen molar-refractivity contribution in [3.8, 4) is 0 Å². The third kappa shape index (κ3) is 3.23. The fraction of sp³-hybridized carbons (Fsp3) is 0.875. The number of rotatable bonds is 4. The van der Waals surface area contributed by atoms with Gasteiger partial charge in [-0.2, -0.15) is 0 Å². The fourth-order valence-corrected chi connectivity index (χ4v) is 4.53. The number of fused-ring (bicyclic) bond motifs is 1. The van der Waals surface area contributed by atoms with E-state index in [0.29, 0.717) is 18.0 Å². The van der Waals surface area contributed by atoms with Gasteiger partial charge in [-0.1, -0.05) is 25.7 Å². The van der Waals surface area contributed by atoms with E-state index in [0.717, 1.165) is 38.5 Å². The maximum Gasteiger partial charge on any atom is 0.320 e. The average molecular weight is 294 g/mol. The first-order chi connectivity index (χ1) is 10.1. The summed E-state index contributed by atoms with van der Waals surface area (Å²) in [7, 11) is 0. The van der Waals surface area contributed by atoms with E-state index in [1.54, 1.807) is 0 Å². The lowest BCUT2D eigenvalue weighted by Crippen LogP contribution is -2.48. The van der Waals surface area contributed by atoms with Crippen LogP contribution in [0.15, 0.2) is 0 Å². The Morgan fingerprint density at radius 1 is 1.05 bits per heavy atom. The minimum Gasteiger partial charge on any atom is -0.480 e. The van der Waals surface area contributed by atoms with Crippen molar-refractivity contribution in [2.45, 2.75) is 75.9 Å². The molecule has 0 bridgehead atoms. The van der Waals surface area contributed by atoms with E-state index in [2.05, 4.69) is 5.32 Å². The molecule has 1 saturated heterocycles. The van der Waals surface area contributed by atoms with Gasteiger partial charge in [-0.05, 0) is 38.0 Å². The fourth-order valence-electron chi connectivity index (χ4n) is 4.53. The summed E-state index contributed by atoms with van der Waals surface area (Å²) in [5.41, 5.74) is 0. The Kier molecular flexibility index (Phi) is 4.48. The molecule has 2 N–H and O–H groups in total. The highest BCUT2D eigenvalue weighted by Crippen LogP contribution is 2.39. The summed E-state index contributed by atoms with van der Waals surface area (Å²) in [6.07, 6.45) is 9.77. The van der Waals surface area contributed by atoms with Gasteiger partial charge in [0.1, 0.15) is 6.04 Å². The number of amides is 1. The molecule has 21 heavy (non-hydrogen) atoms. The van der Waals surface area contributed by atoms with Crippen LogP contribution in [-0.2, 0) is 9.59 Å². The quantitative estimate of drug-likeness (QED) is 0.829. The molecule has 1 aliphatic heterocycles. The highest BCUT2D eigenvalue weighted by atomic mass is 16.4. The zero-order valence-corrected chi connectivity index (χ0v) is 12.6. The van der Waals surface area contributed by atoms with Crippen LogP contribution in [0, 0.1) is 5.92 Å². The molecular formula is C16H26N2O3. The zero-order chi connectivity index (χ0) is 14.8. The van der Waals surface area contributed by atoms with Crippen molar-refractivity contribution < 1.29 is 14.7 Å². The molecule has 0 aromatic carbocycles. The Morgan fingerprint density at radius 2 is 1.71 bits per heavy atom. The summed E-state index contributed by atoms with van der Waals surface area (Å²) in [6, 6.07) is 0.146. The molecule has 3 atom stereocenters. The molecule has 0 radical (unpaired) electrons. The van der Waals surface area contributed by atoms with E-state index in [1.807, 2.05) is 4.90 Å². The van der Waals surface area contributed by atoms with Crippen molar-refractivity contribution in [3.63, 3.8) is 0 Å². The Bertz CT molecular complexity index is 406. The number of nitrogens with zero attached hydrogens (tertiary/aromatic N) is 1. The van der Waals surface area contributed by atoms with Gasteiger partial charge in [0.05, 0.1) is 6.54 Å². The lowest BCUT2D eigenvalue weighted by atomic mass is 9.85. The lowest BCUT2D eigenvalue weighted by molar-refractivity contribution is -0.143.